The summed E-state index contributed by atoms with van der Waals surface area (Å²) in [7, 11) is 1.57. The Balaban J connectivity index is 2.20. The number of carboxylic acids is 1. The first kappa shape index (κ1) is 17.5. The van der Waals surface area contributed by atoms with Gasteiger partial charge in [0.15, 0.2) is 0 Å². The number of hydrogen-bond acceptors (Lipinski definition) is 3. The normalized spacial score (nSPS) is 11.6. The minimum Gasteiger partial charge on any atom is -0.497 e. The highest BCUT2D eigenvalue weighted by molar-refractivity contribution is 5.86. The van der Waals surface area contributed by atoms with Crippen molar-refractivity contribution in [2.24, 2.45) is 0 Å². The Kier molecular flexibility index (Phi) is 5.95. The first-order valence-corrected chi connectivity index (χ1v) is 7.69. The maximum Gasteiger partial charge on any atom is 0.323 e. The molecule has 0 radical (unpaired) electrons. The van der Waals surface area contributed by atoms with Crippen molar-refractivity contribution in [1.82, 2.24) is 4.90 Å². The van der Waals surface area contributed by atoms with Gasteiger partial charge in [0.05, 0.1) is 13.0 Å². The van der Waals surface area contributed by atoms with E-state index in [0.717, 1.165) is 11.1 Å². The van der Waals surface area contributed by atoms with Crippen LogP contribution in [0.3, 0.4) is 0 Å². The summed E-state index contributed by atoms with van der Waals surface area (Å²) in [6.45, 7) is 1.71. The Morgan fingerprint density at radius 1 is 1.12 bits per heavy atom. The van der Waals surface area contributed by atoms with E-state index in [1.165, 1.54) is 4.90 Å². The first-order chi connectivity index (χ1) is 11.5. The molecular weight excluding hydrogens is 306 g/mol. The second kappa shape index (κ2) is 8.15. The number of amides is 1. The van der Waals surface area contributed by atoms with E-state index < -0.39 is 11.9 Å². The molecule has 0 aromatic heterocycles. The molecule has 1 unspecified atom stereocenters. The number of benzene rings is 2. The number of carboxylic acid groups (broad SMARTS) is 1. The summed E-state index contributed by atoms with van der Waals surface area (Å²) in [5.41, 5.74) is 1.69. The molecule has 0 aliphatic heterocycles. The lowest BCUT2D eigenvalue weighted by Crippen LogP contribution is -2.37. The van der Waals surface area contributed by atoms with E-state index in [1.807, 2.05) is 42.5 Å². The molecule has 0 fully saturated rings. The van der Waals surface area contributed by atoms with E-state index >= 15 is 0 Å². The second-order valence-corrected chi connectivity index (χ2v) is 5.57. The molecule has 0 bridgehead atoms. The molecule has 1 atom stereocenters. The summed E-state index contributed by atoms with van der Waals surface area (Å²) in [5.74, 6) is -1.05. The number of hydrogen-bond donors (Lipinski definition) is 1. The van der Waals surface area contributed by atoms with Crippen LogP contribution in [0.1, 0.15) is 24.0 Å². The molecule has 0 spiro atoms. The van der Waals surface area contributed by atoms with E-state index in [9.17, 15) is 9.59 Å². The van der Waals surface area contributed by atoms with Gasteiger partial charge in [-0.3, -0.25) is 9.59 Å². The summed E-state index contributed by atoms with van der Waals surface area (Å²) in [6, 6.07) is 16.6. The molecule has 5 heteroatoms. The van der Waals surface area contributed by atoms with Crippen molar-refractivity contribution in [3.63, 3.8) is 0 Å². The highest BCUT2D eigenvalue weighted by Crippen LogP contribution is 2.23. The SMILES string of the molecule is COc1cccc(C(C)C(=O)N(CC(=O)O)Cc2ccccc2)c1. The van der Waals surface area contributed by atoms with E-state index in [2.05, 4.69) is 0 Å². The highest BCUT2D eigenvalue weighted by atomic mass is 16.5. The molecule has 5 nitrogen and oxygen atoms in total. The largest absolute Gasteiger partial charge is 0.497 e. The van der Waals surface area contributed by atoms with Crippen molar-refractivity contribution in [3.05, 3.63) is 65.7 Å². The van der Waals surface area contributed by atoms with Gasteiger partial charge in [-0.15, -0.1) is 0 Å². The lowest BCUT2D eigenvalue weighted by Gasteiger charge is -2.24. The van der Waals surface area contributed by atoms with Gasteiger partial charge in [-0.05, 0) is 30.2 Å². The Morgan fingerprint density at radius 2 is 1.83 bits per heavy atom. The maximum absolute atomic E-state index is 12.8. The topological polar surface area (TPSA) is 66.8 Å². The van der Waals surface area contributed by atoms with Crippen LogP contribution < -0.4 is 4.74 Å². The molecule has 2 aromatic carbocycles. The third kappa shape index (κ3) is 4.59. The molecule has 1 N–H and O–H groups in total. The predicted molar refractivity (Wildman–Crippen MR) is 90.9 cm³/mol. The van der Waals surface area contributed by atoms with Gasteiger partial charge in [0.1, 0.15) is 12.3 Å². The quantitative estimate of drug-likeness (QED) is 0.849. The first-order valence-electron chi connectivity index (χ1n) is 7.69. The van der Waals surface area contributed by atoms with Crippen LogP contribution in [0.4, 0.5) is 0 Å². The molecule has 0 heterocycles. The van der Waals surface area contributed by atoms with Crippen LogP contribution in [0.5, 0.6) is 5.75 Å². The standard InChI is InChI=1S/C19H21NO4/c1-14(16-9-6-10-17(11-16)24-2)19(23)20(13-18(21)22)12-15-7-4-3-5-8-15/h3-11,14H,12-13H2,1-2H3,(H,21,22). The van der Waals surface area contributed by atoms with Crippen molar-refractivity contribution >= 4 is 11.9 Å². The number of ether oxygens (including phenoxy) is 1. The van der Waals surface area contributed by atoms with Crippen LogP contribution in [0.25, 0.3) is 0 Å². The van der Waals surface area contributed by atoms with Gasteiger partial charge in [-0.25, -0.2) is 0 Å². The fourth-order valence-corrected chi connectivity index (χ4v) is 2.51. The van der Waals surface area contributed by atoms with Crippen LogP contribution in [0.2, 0.25) is 0 Å². The summed E-state index contributed by atoms with van der Waals surface area (Å²) >= 11 is 0. The Bertz CT molecular complexity index is 700. The number of nitrogens with zero attached hydrogens (tertiary/aromatic N) is 1. The number of rotatable bonds is 7. The average Bonchev–Trinajstić information content (AvgIpc) is 2.60. The Hall–Kier alpha value is -2.82. The van der Waals surface area contributed by atoms with Crippen LogP contribution in [-0.2, 0) is 16.1 Å². The number of carbonyl (C=O) groups is 2. The molecule has 0 aliphatic carbocycles. The molecule has 0 saturated carbocycles. The highest BCUT2D eigenvalue weighted by Gasteiger charge is 2.24. The van der Waals surface area contributed by atoms with Crippen LogP contribution >= 0.6 is 0 Å². The minimum atomic E-state index is -1.03. The smallest absolute Gasteiger partial charge is 0.323 e. The lowest BCUT2D eigenvalue weighted by molar-refractivity contribution is -0.145. The van der Waals surface area contributed by atoms with Gasteiger partial charge >= 0.3 is 5.97 Å². The van der Waals surface area contributed by atoms with Crippen molar-refractivity contribution in [1.29, 1.82) is 0 Å². The summed E-state index contributed by atoms with van der Waals surface area (Å²) < 4.78 is 5.19. The van der Waals surface area contributed by atoms with Crippen molar-refractivity contribution in [2.75, 3.05) is 13.7 Å². The van der Waals surface area contributed by atoms with Gasteiger partial charge in [0.25, 0.3) is 0 Å². The van der Waals surface area contributed by atoms with E-state index in [4.69, 9.17) is 9.84 Å². The molecule has 2 aromatic rings. The number of carbonyl (C=O) groups excluding carboxylic acids is 1. The molecule has 2 rings (SSSR count). The Labute approximate surface area is 141 Å². The monoisotopic (exact) mass is 327 g/mol. The minimum absolute atomic E-state index is 0.227. The Morgan fingerprint density at radius 3 is 2.46 bits per heavy atom. The van der Waals surface area contributed by atoms with E-state index in [1.54, 1.807) is 26.2 Å². The molecular formula is C19H21NO4. The molecule has 24 heavy (non-hydrogen) atoms. The van der Waals surface area contributed by atoms with Gasteiger partial charge in [-0.2, -0.15) is 0 Å². The third-order valence-electron chi connectivity index (χ3n) is 3.82. The fraction of sp³-hybridized carbons (Fsp3) is 0.263. The third-order valence-corrected chi connectivity index (χ3v) is 3.82. The van der Waals surface area contributed by atoms with Crippen LogP contribution in [0, 0.1) is 0 Å². The van der Waals surface area contributed by atoms with Gasteiger partial charge in [0.2, 0.25) is 5.91 Å². The molecule has 126 valence electrons. The number of methoxy groups -OCH3 is 1. The average molecular weight is 327 g/mol. The lowest BCUT2D eigenvalue weighted by atomic mass is 9.99. The summed E-state index contributed by atoms with van der Waals surface area (Å²) in [6.07, 6.45) is 0. The zero-order chi connectivity index (χ0) is 17.5. The summed E-state index contributed by atoms with van der Waals surface area (Å²) in [4.78, 5) is 25.3. The second-order valence-electron chi connectivity index (χ2n) is 5.57. The number of aliphatic carboxylic acids is 1. The van der Waals surface area contributed by atoms with Crippen molar-refractivity contribution < 1.29 is 19.4 Å². The maximum atomic E-state index is 12.8. The molecule has 1 amide bonds. The van der Waals surface area contributed by atoms with E-state index in [-0.39, 0.29) is 19.0 Å². The van der Waals surface area contributed by atoms with Crippen molar-refractivity contribution in [2.45, 2.75) is 19.4 Å². The molecule has 0 saturated heterocycles. The molecule has 0 aliphatic rings. The summed E-state index contributed by atoms with van der Waals surface area (Å²) in [5, 5.41) is 9.13. The zero-order valence-corrected chi connectivity index (χ0v) is 13.8. The van der Waals surface area contributed by atoms with Crippen LogP contribution in [0.15, 0.2) is 54.6 Å². The van der Waals surface area contributed by atoms with Gasteiger partial charge in [0, 0.05) is 6.54 Å². The van der Waals surface area contributed by atoms with Gasteiger partial charge < -0.3 is 14.7 Å². The zero-order valence-electron chi connectivity index (χ0n) is 13.8. The fourth-order valence-electron chi connectivity index (χ4n) is 2.51. The predicted octanol–water partition coefficient (Wildman–Crippen LogP) is 2.91. The van der Waals surface area contributed by atoms with Gasteiger partial charge in [-0.1, -0.05) is 42.5 Å². The van der Waals surface area contributed by atoms with E-state index in [0.29, 0.717) is 5.75 Å². The van der Waals surface area contributed by atoms with Crippen LogP contribution in [-0.4, -0.2) is 35.5 Å². The van der Waals surface area contributed by atoms with Crippen molar-refractivity contribution in [3.8, 4) is 5.75 Å².